The lowest BCUT2D eigenvalue weighted by Gasteiger charge is -2.08. The van der Waals surface area contributed by atoms with Crippen LogP contribution in [0, 0.1) is 0 Å². The van der Waals surface area contributed by atoms with Crippen LogP contribution in [0.15, 0.2) is 0 Å². The Morgan fingerprint density at radius 1 is 0.778 bits per heavy atom. The van der Waals surface area contributed by atoms with E-state index in [2.05, 4.69) is 30.7 Å². The van der Waals surface area contributed by atoms with Crippen LogP contribution in [-0.2, 0) is 9.53 Å². The Balaban J connectivity index is 0. The van der Waals surface area contributed by atoms with Crippen LogP contribution in [0.2, 0.25) is 0 Å². The maximum atomic E-state index is 10.2. The van der Waals surface area contributed by atoms with E-state index in [0.29, 0.717) is 6.42 Å². The molecule has 0 aliphatic heterocycles. The zero-order valence-corrected chi connectivity index (χ0v) is 19.1. The molecule has 0 bridgehead atoms. The average Bonchev–Trinajstić information content (AvgIpc) is 2.61. The monoisotopic (exact) mass is 387 g/mol. The number of aliphatic hydroxyl groups excluding tert-OH is 1. The summed E-state index contributed by atoms with van der Waals surface area (Å²) in [5.74, 6) is -0.375. The van der Waals surface area contributed by atoms with Gasteiger partial charge in [-0.15, -0.1) is 0 Å². The second-order valence-electron chi connectivity index (χ2n) is 7.84. The van der Waals surface area contributed by atoms with Gasteiger partial charge >= 0.3 is 5.97 Å². The molecule has 1 unspecified atom stereocenters. The van der Waals surface area contributed by atoms with E-state index in [4.69, 9.17) is 5.11 Å². The van der Waals surface area contributed by atoms with Crippen LogP contribution >= 0.6 is 0 Å². The number of hydrogen-bond donors (Lipinski definition) is 1. The number of aliphatic hydroxyl groups is 1. The normalized spacial score (nSPS) is 11.8. The molecule has 4 nitrogen and oxygen atoms in total. The van der Waals surface area contributed by atoms with Gasteiger partial charge in [-0.25, -0.2) is 0 Å². The molecular weight excluding hydrogens is 338 g/mol. The van der Waals surface area contributed by atoms with E-state index < -0.39 is 6.29 Å². The highest BCUT2D eigenvalue weighted by molar-refractivity contribution is 5.68. The van der Waals surface area contributed by atoms with Gasteiger partial charge in [-0.1, -0.05) is 97.3 Å². The Labute approximate surface area is 170 Å². The van der Waals surface area contributed by atoms with E-state index >= 15 is 0 Å². The van der Waals surface area contributed by atoms with E-state index in [1.165, 1.54) is 103 Å². The summed E-state index contributed by atoms with van der Waals surface area (Å²) in [6, 6.07) is 0. The van der Waals surface area contributed by atoms with E-state index in [-0.39, 0.29) is 5.97 Å². The molecular formula is C23H49NO3. The maximum Gasteiger partial charge on any atom is 0.307 e. The van der Waals surface area contributed by atoms with Gasteiger partial charge in [0.25, 0.3) is 0 Å². The van der Waals surface area contributed by atoms with Crippen LogP contribution in [0.5, 0.6) is 0 Å². The molecule has 0 saturated heterocycles. The van der Waals surface area contributed by atoms with Gasteiger partial charge in [-0.2, -0.15) is 0 Å². The number of rotatable bonds is 17. The van der Waals surface area contributed by atoms with Crippen molar-refractivity contribution >= 4 is 5.97 Å². The van der Waals surface area contributed by atoms with Crippen molar-refractivity contribution in [3.63, 3.8) is 0 Å². The number of unbranched alkanes of at least 4 members (excludes halogenated alkanes) is 13. The summed E-state index contributed by atoms with van der Waals surface area (Å²) in [6.45, 7) is 6.62. The SMILES string of the molecule is CCC(=O)OC(C)O.CCCCCCCCCCCCCCCCN(C)C. The number of hydrogen-bond acceptors (Lipinski definition) is 4. The number of carbonyl (C=O) groups is 1. The molecule has 0 amide bonds. The molecule has 0 aromatic carbocycles. The van der Waals surface area contributed by atoms with Gasteiger partial charge in [0.1, 0.15) is 0 Å². The Bertz CT molecular complexity index is 293. The topological polar surface area (TPSA) is 49.8 Å². The van der Waals surface area contributed by atoms with E-state index in [1.54, 1.807) is 6.92 Å². The molecule has 0 rings (SSSR count). The minimum Gasteiger partial charge on any atom is -0.436 e. The standard InChI is InChI=1S/C18H39N.C5H10O3/c1-4-5-6-7-8-9-10-11-12-13-14-15-16-17-18-19(2)3;1-3-5(7)8-4(2)6/h4-18H2,1-3H3;4,6H,3H2,1-2H3. The summed E-state index contributed by atoms with van der Waals surface area (Å²) < 4.78 is 4.32. The van der Waals surface area contributed by atoms with Gasteiger partial charge in [-0.05, 0) is 34.0 Å². The Morgan fingerprint density at radius 3 is 1.41 bits per heavy atom. The first-order chi connectivity index (χ1) is 12.9. The van der Waals surface area contributed by atoms with E-state index in [9.17, 15) is 4.79 Å². The third kappa shape index (κ3) is 30.4. The molecule has 0 saturated carbocycles. The summed E-state index contributed by atoms with van der Waals surface area (Å²) in [5, 5.41) is 8.41. The zero-order valence-electron chi connectivity index (χ0n) is 19.1. The summed E-state index contributed by atoms with van der Waals surface area (Å²) >= 11 is 0. The molecule has 0 aromatic heterocycles. The molecule has 0 heterocycles. The predicted molar refractivity (Wildman–Crippen MR) is 117 cm³/mol. The Kier molecular flexibility index (Phi) is 24.8. The van der Waals surface area contributed by atoms with Crippen molar-refractivity contribution in [2.24, 2.45) is 0 Å². The van der Waals surface area contributed by atoms with Gasteiger partial charge in [0.05, 0.1) is 0 Å². The summed E-state index contributed by atoms with van der Waals surface area (Å²) in [4.78, 5) is 12.5. The first-order valence-electron chi connectivity index (χ1n) is 11.5. The van der Waals surface area contributed by atoms with Crippen molar-refractivity contribution in [1.82, 2.24) is 4.90 Å². The maximum absolute atomic E-state index is 10.2. The highest BCUT2D eigenvalue weighted by Gasteiger charge is 2.00. The van der Waals surface area contributed by atoms with Crippen LogP contribution in [0.3, 0.4) is 0 Å². The average molecular weight is 388 g/mol. The Hall–Kier alpha value is -0.610. The molecule has 0 aromatic rings. The predicted octanol–water partition coefficient (Wildman–Crippen LogP) is 6.31. The number of carbonyl (C=O) groups excluding carboxylic acids is 1. The van der Waals surface area contributed by atoms with E-state index in [1.807, 2.05) is 0 Å². The fraction of sp³-hybridized carbons (Fsp3) is 0.957. The second kappa shape index (κ2) is 23.4. The van der Waals surface area contributed by atoms with Gasteiger partial charge in [-0.3, -0.25) is 4.79 Å². The summed E-state index contributed by atoms with van der Waals surface area (Å²) in [7, 11) is 4.34. The van der Waals surface area contributed by atoms with Crippen molar-refractivity contribution in [2.45, 2.75) is 123 Å². The molecule has 1 N–H and O–H groups in total. The number of ether oxygens (including phenoxy) is 1. The first-order valence-corrected chi connectivity index (χ1v) is 11.5. The number of nitrogens with zero attached hydrogens (tertiary/aromatic N) is 1. The van der Waals surface area contributed by atoms with Crippen LogP contribution in [0.25, 0.3) is 0 Å². The van der Waals surface area contributed by atoms with Crippen LogP contribution in [-0.4, -0.2) is 42.9 Å². The van der Waals surface area contributed by atoms with Crippen LogP contribution in [0.1, 0.15) is 117 Å². The summed E-state index contributed by atoms with van der Waals surface area (Å²) in [5.41, 5.74) is 0. The molecule has 0 radical (unpaired) electrons. The van der Waals surface area contributed by atoms with Crippen molar-refractivity contribution in [3.8, 4) is 0 Å². The molecule has 0 fully saturated rings. The van der Waals surface area contributed by atoms with Gasteiger partial charge < -0.3 is 14.7 Å². The highest BCUT2D eigenvalue weighted by atomic mass is 16.6. The van der Waals surface area contributed by atoms with Gasteiger partial charge in [0, 0.05) is 6.42 Å². The first kappa shape index (κ1) is 28.6. The molecule has 0 aliphatic rings. The van der Waals surface area contributed by atoms with Crippen LogP contribution in [0.4, 0.5) is 0 Å². The molecule has 0 spiro atoms. The quantitative estimate of drug-likeness (QED) is 0.180. The lowest BCUT2D eigenvalue weighted by molar-refractivity contribution is -0.164. The van der Waals surface area contributed by atoms with Crippen molar-refractivity contribution in [2.75, 3.05) is 20.6 Å². The molecule has 1 atom stereocenters. The lowest BCUT2D eigenvalue weighted by Crippen LogP contribution is -2.12. The fourth-order valence-corrected chi connectivity index (χ4v) is 2.90. The fourth-order valence-electron chi connectivity index (χ4n) is 2.90. The van der Waals surface area contributed by atoms with E-state index in [0.717, 1.165) is 0 Å². The molecule has 27 heavy (non-hydrogen) atoms. The van der Waals surface area contributed by atoms with Gasteiger partial charge in [0.15, 0.2) is 6.29 Å². The number of esters is 1. The van der Waals surface area contributed by atoms with Crippen molar-refractivity contribution < 1.29 is 14.6 Å². The largest absolute Gasteiger partial charge is 0.436 e. The van der Waals surface area contributed by atoms with Crippen molar-refractivity contribution in [3.05, 3.63) is 0 Å². The molecule has 164 valence electrons. The molecule has 0 aliphatic carbocycles. The zero-order chi connectivity index (χ0) is 20.8. The minimum atomic E-state index is -0.970. The van der Waals surface area contributed by atoms with Gasteiger partial charge in [0.2, 0.25) is 0 Å². The third-order valence-corrected chi connectivity index (χ3v) is 4.55. The second-order valence-corrected chi connectivity index (χ2v) is 7.84. The van der Waals surface area contributed by atoms with Crippen LogP contribution < -0.4 is 0 Å². The molecule has 4 heteroatoms. The third-order valence-electron chi connectivity index (χ3n) is 4.55. The highest BCUT2D eigenvalue weighted by Crippen LogP contribution is 2.12. The van der Waals surface area contributed by atoms with Crippen molar-refractivity contribution in [1.29, 1.82) is 0 Å². The summed E-state index contributed by atoms with van der Waals surface area (Å²) in [6.07, 6.45) is 19.7. The minimum absolute atomic E-state index is 0.310. The smallest absolute Gasteiger partial charge is 0.307 e. The lowest BCUT2D eigenvalue weighted by atomic mass is 10.0. The Morgan fingerprint density at radius 2 is 1.15 bits per heavy atom.